The molecular formula is C24H31ClN2O3S. The highest BCUT2D eigenvalue weighted by atomic mass is 35.5. The van der Waals surface area contributed by atoms with Crippen LogP contribution in [-0.4, -0.2) is 31.7 Å². The first-order chi connectivity index (χ1) is 14.6. The zero-order valence-electron chi connectivity index (χ0n) is 18.6. The molecule has 3 rings (SSSR count). The number of sulfonamides is 1. The number of hydrogen-bond donors (Lipinski definition) is 1. The summed E-state index contributed by atoms with van der Waals surface area (Å²) in [6, 6.07) is 11.0. The molecule has 0 saturated carbocycles. The van der Waals surface area contributed by atoms with E-state index in [9.17, 15) is 13.2 Å². The Morgan fingerprint density at radius 1 is 1.13 bits per heavy atom. The van der Waals surface area contributed by atoms with E-state index in [4.69, 9.17) is 11.6 Å². The van der Waals surface area contributed by atoms with Crippen LogP contribution >= 0.6 is 11.6 Å². The predicted molar refractivity (Wildman–Crippen MR) is 126 cm³/mol. The fourth-order valence-electron chi connectivity index (χ4n) is 4.15. The Morgan fingerprint density at radius 2 is 1.77 bits per heavy atom. The Balaban J connectivity index is 1.66. The van der Waals surface area contributed by atoms with Gasteiger partial charge in [0.15, 0.2) is 0 Å². The van der Waals surface area contributed by atoms with Crippen molar-refractivity contribution in [3.63, 3.8) is 0 Å². The zero-order valence-corrected chi connectivity index (χ0v) is 20.2. The van der Waals surface area contributed by atoms with E-state index >= 15 is 0 Å². The molecule has 31 heavy (non-hydrogen) atoms. The summed E-state index contributed by atoms with van der Waals surface area (Å²) in [6.45, 7) is 8.85. The summed E-state index contributed by atoms with van der Waals surface area (Å²) in [7, 11) is -3.50. The molecule has 1 heterocycles. The number of amides is 1. The van der Waals surface area contributed by atoms with Gasteiger partial charge in [0, 0.05) is 18.1 Å². The summed E-state index contributed by atoms with van der Waals surface area (Å²) in [5, 5.41) is 3.68. The first kappa shape index (κ1) is 23.8. The standard InChI is InChI=1S/C24H31ClN2O3S/c1-16-12-18(3)23(13-17(16)2)19(4)26-24(28)21-6-5-11-27(14-21)31(29,30)15-20-7-9-22(25)10-8-20/h7-10,12-13,19,21H,5-6,11,14-15H2,1-4H3,(H,26,28)/t19-,21-/m1/s1. The lowest BCUT2D eigenvalue weighted by molar-refractivity contribution is -0.126. The van der Waals surface area contributed by atoms with Crippen molar-refractivity contribution in [3.8, 4) is 0 Å². The van der Waals surface area contributed by atoms with Gasteiger partial charge in [0.05, 0.1) is 17.7 Å². The van der Waals surface area contributed by atoms with Gasteiger partial charge in [0.25, 0.3) is 0 Å². The lowest BCUT2D eigenvalue weighted by Crippen LogP contribution is -2.46. The molecule has 0 aliphatic carbocycles. The molecule has 1 saturated heterocycles. The molecule has 2 atom stereocenters. The summed E-state index contributed by atoms with van der Waals surface area (Å²) < 4.78 is 27.3. The van der Waals surface area contributed by atoms with Gasteiger partial charge < -0.3 is 5.32 Å². The van der Waals surface area contributed by atoms with Crippen molar-refractivity contribution in [2.75, 3.05) is 13.1 Å². The molecule has 168 valence electrons. The molecule has 0 aromatic heterocycles. The average molecular weight is 463 g/mol. The van der Waals surface area contributed by atoms with Crippen LogP contribution in [0.2, 0.25) is 5.02 Å². The van der Waals surface area contributed by atoms with Crippen LogP contribution in [0.1, 0.15) is 53.6 Å². The number of carbonyl (C=O) groups is 1. The van der Waals surface area contributed by atoms with Crippen LogP contribution in [0.4, 0.5) is 0 Å². The molecule has 1 aliphatic heterocycles. The minimum absolute atomic E-state index is 0.0866. The third-order valence-corrected chi connectivity index (χ3v) is 8.19. The summed E-state index contributed by atoms with van der Waals surface area (Å²) in [5.41, 5.74) is 5.36. The first-order valence-corrected chi connectivity index (χ1v) is 12.7. The number of rotatable bonds is 6. The third kappa shape index (κ3) is 5.88. The predicted octanol–water partition coefficient (Wildman–Crippen LogP) is 4.68. The Kier molecular flexibility index (Phi) is 7.45. The SMILES string of the molecule is Cc1cc(C)c([C@@H](C)NC(=O)[C@@H]2CCCN(S(=O)(=O)Cc3ccc(Cl)cc3)C2)cc1C. The molecule has 0 spiro atoms. The molecule has 2 aromatic rings. The van der Waals surface area contributed by atoms with E-state index in [0.717, 1.165) is 11.1 Å². The molecular weight excluding hydrogens is 432 g/mol. The normalized spacial score (nSPS) is 18.5. The van der Waals surface area contributed by atoms with Crippen LogP contribution in [0.25, 0.3) is 0 Å². The summed E-state index contributed by atoms with van der Waals surface area (Å²) in [5.74, 6) is -0.518. The molecule has 0 radical (unpaired) electrons. The molecule has 1 N–H and O–H groups in total. The quantitative estimate of drug-likeness (QED) is 0.677. The Hall–Kier alpha value is -1.89. The van der Waals surface area contributed by atoms with E-state index in [2.05, 4.69) is 38.2 Å². The lowest BCUT2D eigenvalue weighted by atomic mass is 9.95. The fourth-order valence-corrected chi connectivity index (χ4v) is 5.89. The largest absolute Gasteiger partial charge is 0.349 e. The van der Waals surface area contributed by atoms with Crippen LogP contribution in [-0.2, 0) is 20.6 Å². The monoisotopic (exact) mass is 462 g/mol. The Bertz CT molecular complexity index is 1050. The van der Waals surface area contributed by atoms with Gasteiger partial charge in [-0.2, -0.15) is 0 Å². The van der Waals surface area contributed by atoms with E-state index in [0.29, 0.717) is 30.0 Å². The minimum atomic E-state index is -3.50. The number of halogens is 1. The average Bonchev–Trinajstić information content (AvgIpc) is 2.72. The van der Waals surface area contributed by atoms with E-state index in [-0.39, 0.29) is 30.2 Å². The second-order valence-electron chi connectivity index (χ2n) is 8.60. The van der Waals surface area contributed by atoms with E-state index < -0.39 is 10.0 Å². The molecule has 1 amide bonds. The molecule has 0 unspecified atom stereocenters. The molecule has 2 aromatic carbocycles. The van der Waals surface area contributed by atoms with Crippen LogP contribution < -0.4 is 5.32 Å². The number of hydrogen-bond acceptors (Lipinski definition) is 3. The lowest BCUT2D eigenvalue weighted by Gasteiger charge is -2.32. The number of piperidine rings is 1. The van der Waals surface area contributed by atoms with Gasteiger partial charge in [-0.3, -0.25) is 4.79 Å². The Labute approximate surface area is 190 Å². The molecule has 5 nitrogen and oxygen atoms in total. The van der Waals surface area contributed by atoms with Crippen LogP contribution in [0.5, 0.6) is 0 Å². The van der Waals surface area contributed by atoms with E-state index in [1.165, 1.54) is 15.4 Å². The van der Waals surface area contributed by atoms with Crippen LogP contribution in [0, 0.1) is 26.7 Å². The van der Waals surface area contributed by atoms with Gasteiger partial charge in [-0.1, -0.05) is 35.9 Å². The third-order valence-electron chi connectivity index (χ3n) is 6.12. The highest BCUT2D eigenvalue weighted by molar-refractivity contribution is 7.88. The van der Waals surface area contributed by atoms with Crippen molar-refractivity contribution >= 4 is 27.5 Å². The molecule has 1 fully saturated rings. The van der Waals surface area contributed by atoms with Gasteiger partial charge in [-0.05, 0) is 80.5 Å². The number of aryl methyl sites for hydroxylation is 3. The van der Waals surface area contributed by atoms with Crippen molar-refractivity contribution < 1.29 is 13.2 Å². The highest BCUT2D eigenvalue weighted by Crippen LogP contribution is 2.25. The number of benzene rings is 2. The summed E-state index contributed by atoms with van der Waals surface area (Å²) in [6.07, 6.45) is 1.37. The van der Waals surface area contributed by atoms with Gasteiger partial charge in [0.2, 0.25) is 15.9 Å². The van der Waals surface area contributed by atoms with Crippen molar-refractivity contribution in [1.29, 1.82) is 0 Å². The van der Waals surface area contributed by atoms with Gasteiger partial charge in [0.1, 0.15) is 0 Å². The maximum absolute atomic E-state index is 13.0. The van der Waals surface area contributed by atoms with Crippen molar-refractivity contribution in [2.24, 2.45) is 5.92 Å². The fraction of sp³-hybridized carbons (Fsp3) is 0.458. The van der Waals surface area contributed by atoms with Crippen LogP contribution in [0.15, 0.2) is 36.4 Å². The van der Waals surface area contributed by atoms with E-state index in [1.807, 2.05) is 6.92 Å². The van der Waals surface area contributed by atoms with Crippen molar-refractivity contribution in [3.05, 3.63) is 69.2 Å². The number of nitrogens with zero attached hydrogens (tertiary/aromatic N) is 1. The summed E-state index contributed by atoms with van der Waals surface area (Å²) >= 11 is 5.89. The molecule has 7 heteroatoms. The smallest absolute Gasteiger partial charge is 0.224 e. The maximum atomic E-state index is 13.0. The minimum Gasteiger partial charge on any atom is -0.349 e. The zero-order chi connectivity index (χ0) is 22.8. The topological polar surface area (TPSA) is 66.5 Å². The first-order valence-electron chi connectivity index (χ1n) is 10.7. The molecule has 1 aliphatic rings. The van der Waals surface area contributed by atoms with Gasteiger partial charge in [-0.15, -0.1) is 0 Å². The summed E-state index contributed by atoms with van der Waals surface area (Å²) in [4.78, 5) is 13.0. The number of carbonyl (C=O) groups excluding carboxylic acids is 1. The number of nitrogens with one attached hydrogen (secondary N) is 1. The van der Waals surface area contributed by atoms with Gasteiger partial charge >= 0.3 is 0 Å². The second-order valence-corrected chi connectivity index (χ2v) is 11.0. The van der Waals surface area contributed by atoms with Crippen molar-refractivity contribution in [1.82, 2.24) is 9.62 Å². The van der Waals surface area contributed by atoms with Crippen LogP contribution in [0.3, 0.4) is 0 Å². The van der Waals surface area contributed by atoms with E-state index in [1.54, 1.807) is 24.3 Å². The molecule has 0 bridgehead atoms. The maximum Gasteiger partial charge on any atom is 0.224 e. The Morgan fingerprint density at radius 3 is 2.45 bits per heavy atom. The second kappa shape index (κ2) is 9.72. The highest BCUT2D eigenvalue weighted by Gasteiger charge is 2.33. The van der Waals surface area contributed by atoms with Crippen molar-refractivity contribution in [2.45, 2.75) is 52.3 Å². The van der Waals surface area contributed by atoms with Gasteiger partial charge in [-0.25, -0.2) is 12.7 Å².